The molecule has 0 aliphatic carbocycles. The number of nitrogens with zero attached hydrogens (tertiary/aromatic N) is 2. The Labute approximate surface area is 271 Å². The van der Waals surface area contributed by atoms with Gasteiger partial charge in [0.2, 0.25) is 11.8 Å². The van der Waals surface area contributed by atoms with Crippen LogP contribution in [0.3, 0.4) is 0 Å². The van der Waals surface area contributed by atoms with Gasteiger partial charge in [-0.3, -0.25) is 13.9 Å². The van der Waals surface area contributed by atoms with Gasteiger partial charge in [-0.05, 0) is 79.8 Å². The van der Waals surface area contributed by atoms with Gasteiger partial charge >= 0.3 is 0 Å². The number of hydrogen-bond acceptors (Lipinski definition) is 4. The van der Waals surface area contributed by atoms with Crippen LogP contribution in [0.1, 0.15) is 42.5 Å². The molecule has 236 valence electrons. The van der Waals surface area contributed by atoms with Crippen molar-refractivity contribution in [3.05, 3.63) is 130 Å². The van der Waals surface area contributed by atoms with Gasteiger partial charge in [0.25, 0.3) is 10.0 Å². The SMILES string of the molecule is CC[C@@H](C)NC(=O)[C@@H](Cc1ccccc1)N(Cc1ccccc1Cl)C(=O)CN(c1ccc(C)c(C)c1)S(=O)(=O)c1ccccc1. The van der Waals surface area contributed by atoms with Crippen molar-refractivity contribution in [3.63, 3.8) is 0 Å². The lowest BCUT2D eigenvalue weighted by atomic mass is 10.0. The highest BCUT2D eigenvalue weighted by molar-refractivity contribution is 7.92. The number of aryl methyl sites for hydroxylation is 2. The van der Waals surface area contributed by atoms with E-state index < -0.39 is 28.5 Å². The van der Waals surface area contributed by atoms with Crippen molar-refractivity contribution in [3.8, 4) is 0 Å². The highest BCUT2D eigenvalue weighted by Gasteiger charge is 2.35. The zero-order chi connectivity index (χ0) is 32.6. The summed E-state index contributed by atoms with van der Waals surface area (Å²) in [5, 5.41) is 3.49. The van der Waals surface area contributed by atoms with Crippen molar-refractivity contribution in [1.29, 1.82) is 0 Å². The Morgan fingerprint density at radius 1 is 0.844 bits per heavy atom. The Hall–Kier alpha value is -4.14. The van der Waals surface area contributed by atoms with Crippen molar-refractivity contribution in [2.24, 2.45) is 0 Å². The average Bonchev–Trinajstić information content (AvgIpc) is 3.04. The van der Waals surface area contributed by atoms with E-state index in [0.717, 1.165) is 21.0 Å². The molecule has 9 heteroatoms. The molecule has 4 aromatic rings. The van der Waals surface area contributed by atoms with Crippen LogP contribution in [0, 0.1) is 13.8 Å². The first kappa shape index (κ1) is 33.7. The van der Waals surface area contributed by atoms with Crippen molar-refractivity contribution in [2.45, 2.75) is 64.1 Å². The smallest absolute Gasteiger partial charge is 0.264 e. The fourth-order valence-corrected chi connectivity index (χ4v) is 6.56. The van der Waals surface area contributed by atoms with Crippen LogP contribution in [-0.2, 0) is 32.6 Å². The number of hydrogen-bond donors (Lipinski definition) is 1. The summed E-state index contributed by atoms with van der Waals surface area (Å²) in [7, 11) is -4.16. The van der Waals surface area contributed by atoms with Gasteiger partial charge in [0.05, 0.1) is 10.6 Å². The first-order valence-corrected chi connectivity index (χ1v) is 16.8. The maximum absolute atomic E-state index is 14.6. The zero-order valence-electron chi connectivity index (χ0n) is 26.1. The monoisotopic (exact) mass is 645 g/mol. The third-order valence-electron chi connectivity index (χ3n) is 7.96. The Kier molecular flexibility index (Phi) is 11.4. The molecular weight excluding hydrogens is 606 g/mol. The molecule has 4 aromatic carbocycles. The molecule has 0 heterocycles. The Morgan fingerprint density at radius 3 is 2.09 bits per heavy atom. The number of carbonyl (C=O) groups excluding carboxylic acids is 2. The second-order valence-corrected chi connectivity index (χ2v) is 13.5. The number of nitrogens with one attached hydrogen (secondary N) is 1. The van der Waals surface area contributed by atoms with Gasteiger partial charge in [-0.25, -0.2) is 8.42 Å². The van der Waals surface area contributed by atoms with E-state index in [1.807, 2.05) is 70.2 Å². The zero-order valence-corrected chi connectivity index (χ0v) is 27.7. The van der Waals surface area contributed by atoms with E-state index >= 15 is 0 Å². The quantitative estimate of drug-likeness (QED) is 0.175. The summed E-state index contributed by atoms with van der Waals surface area (Å²) >= 11 is 6.57. The van der Waals surface area contributed by atoms with Gasteiger partial charge in [-0.2, -0.15) is 0 Å². The largest absolute Gasteiger partial charge is 0.352 e. The molecule has 0 fully saturated rings. The third-order valence-corrected chi connectivity index (χ3v) is 10.1. The predicted octanol–water partition coefficient (Wildman–Crippen LogP) is 6.71. The molecule has 1 N–H and O–H groups in total. The minimum absolute atomic E-state index is 0.0100. The van der Waals surface area contributed by atoms with Crippen molar-refractivity contribution >= 4 is 39.1 Å². The summed E-state index contributed by atoms with van der Waals surface area (Å²) < 4.78 is 29.4. The normalized spacial score (nSPS) is 12.6. The van der Waals surface area contributed by atoms with E-state index in [-0.39, 0.29) is 29.8 Å². The molecule has 0 radical (unpaired) electrons. The number of amides is 2. The summed E-state index contributed by atoms with van der Waals surface area (Å²) in [5.74, 6) is -0.856. The molecule has 4 rings (SSSR count). The molecule has 0 aliphatic rings. The van der Waals surface area contributed by atoms with E-state index in [0.29, 0.717) is 22.7 Å². The van der Waals surface area contributed by atoms with Crippen LogP contribution in [0.25, 0.3) is 0 Å². The Bertz CT molecular complexity index is 1720. The van der Waals surface area contributed by atoms with Crippen LogP contribution in [0.2, 0.25) is 5.02 Å². The van der Waals surface area contributed by atoms with E-state index in [2.05, 4.69) is 5.32 Å². The van der Waals surface area contributed by atoms with E-state index in [1.54, 1.807) is 48.5 Å². The molecule has 0 aliphatic heterocycles. The molecule has 0 spiro atoms. The van der Waals surface area contributed by atoms with Crippen LogP contribution in [0.4, 0.5) is 5.69 Å². The molecule has 0 aromatic heterocycles. The summed E-state index contributed by atoms with van der Waals surface area (Å²) in [5.41, 5.74) is 3.74. The molecule has 0 bridgehead atoms. The van der Waals surface area contributed by atoms with Crippen LogP contribution in [0.15, 0.2) is 108 Å². The predicted molar refractivity (Wildman–Crippen MR) is 181 cm³/mol. The van der Waals surface area contributed by atoms with Gasteiger partial charge in [0, 0.05) is 24.0 Å². The van der Waals surface area contributed by atoms with Crippen LogP contribution in [0.5, 0.6) is 0 Å². The Balaban J connectivity index is 1.83. The average molecular weight is 646 g/mol. The Morgan fingerprint density at radius 2 is 1.47 bits per heavy atom. The number of rotatable bonds is 13. The summed E-state index contributed by atoms with van der Waals surface area (Å²) in [6.45, 7) is 7.20. The maximum Gasteiger partial charge on any atom is 0.264 e. The van der Waals surface area contributed by atoms with Crippen molar-refractivity contribution < 1.29 is 18.0 Å². The van der Waals surface area contributed by atoms with Crippen molar-refractivity contribution in [2.75, 3.05) is 10.8 Å². The van der Waals surface area contributed by atoms with Crippen LogP contribution in [-0.4, -0.2) is 43.8 Å². The molecule has 0 saturated carbocycles. The fourth-order valence-electron chi connectivity index (χ4n) is 4.93. The minimum Gasteiger partial charge on any atom is -0.352 e. The molecular formula is C36H40ClN3O4S. The lowest BCUT2D eigenvalue weighted by molar-refractivity contribution is -0.140. The van der Waals surface area contributed by atoms with Gasteiger partial charge < -0.3 is 10.2 Å². The van der Waals surface area contributed by atoms with E-state index in [4.69, 9.17) is 11.6 Å². The number of sulfonamides is 1. The first-order chi connectivity index (χ1) is 21.5. The summed E-state index contributed by atoms with van der Waals surface area (Å²) in [6.07, 6.45) is 0.937. The fraction of sp³-hybridized carbons (Fsp3) is 0.278. The molecule has 0 unspecified atom stereocenters. The molecule has 7 nitrogen and oxygen atoms in total. The molecule has 45 heavy (non-hydrogen) atoms. The second kappa shape index (κ2) is 15.2. The first-order valence-electron chi connectivity index (χ1n) is 15.0. The van der Waals surface area contributed by atoms with Gasteiger partial charge in [-0.1, -0.05) is 91.3 Å². The highest BCUT2D eigenvalue weighted by Crippen LogP contribution is 2.27. The highest BCUT2D eigenvalue weighted by atomic mass is 35.5. The molecule has 2 atom stereocenters. The standard InChI is InChI=1S/C36H40ClN3O4S/c1-5-28(4)38-36(42)34(23-29-14-8-6-9-15-29)39(24-30-16-12-13-19-33(30)37)35(41)25-40(31-21-20-26(2)27(3)22-31)45(43,44)32-17-10-7-11-18-32/h6-22,28,34H,5,23-25H2,1-4H3,(H,38,42)/t28-,34-/m1/s1. The topological polar surface area (TPSA) is 86.8 Å². The summed E-state index contributed by atoms with van der Waals surface area (Å²) in [6, 6.07) is 28.9. The van der Waals surface area contributed by atoms with Gasteiger partial charge in [-0.15, -0.1) is 0 Å². The van der Waals surface area contributed by atoms with E-state index in [1.165, 1.54) is 17.0 Å². The number of halogens is 1. The maximum atomic E-state index is 14.6. The minimum atomic E-state index is -4.16. The lowest BCUT2D eigenvalue weighted by Crippen LogP contribution is -2.54. The number of benzene rings is 4. The number of anilines is 1. The lowest BCUT2D eigenvalue weighted by Gasteiger charge is -2.34. The summed E-state index contributed by atoms with van der Waals surface area (Å²) in [4.78, 5) is 30.0. The molecule has 2 amide bonds. The van der Waals surface area contributed by atoms with E-state index in [9.17, 15) is 18.0 Å². The van der Waals surface area contributed by atoms with Crippen molar-refractivity contribution in [1.82, 2.24) is 10.2 Å². The van der Waals surface area contributed by atoms with Crippen LogP contribution < -0.4 is 9.62 Å². The third kappa shape index (κ3) is 8.53. The number of carbonyl (C=O) groups is 2. The van der Waals surface area contributed by atoms with Crippen LogP contribution >= 0.6 is 11.6 Å². The molecule has 0 saturated heterocycles. The van der Waals surface area contributed by atoms with Gasteiger partial charge in [0.15, 0.2) is 0 Å². The van der Waals surface area contributed by atoms with Gasteiger partial charge in [0.1, 0.15) is 12.6 Å². The second-order valence-electron chi connectivity index (χ2n) is 11.2.